The molecule has 3 nitrogen and oxygen atoms in total. The standard InChI is InChI=1S/C24H33F2IO3S/c1-2-3-4-5-6-7-8-9-10-15-20-31(28,29)30-27(23-18-13-11-16-21(23)25)24-19-14-12-17-22(24)26/h11-14,16-19H,2-10,15,20H2,1H3. The molecule has 0 bridgehead atoms. The Kier molecular flexibility index (Phi) is 12.0. The van der Waals surface area contributed by atoms with Crippen molar-refractivity contribution in [3.8, 4) is 0 Å². The van der Waals surface area contributed by atoms with Crippen molar-refractivity contribution >= 4 is 30.4 Å². The summed E-state index contributed by atoms with van der Waals surface area (Å²) in [5, 5.41) is 0. The van der Waals surface area contributed by atoms with Gasteiger partial charge in [-0.2, -0.15) is 0 Å². The molecule has 0 heterocycles. The van der Waals surface area contributed by atoms with Gasteiger partial charge in [-0.15, -0.1) is 0 Å². The third-order valence-electron chi connectivity index (χ3n) is 4.93. The van der Waals surface area contributed by atoms with Crippen LogP contribution in [0.1, 0.15) is 71.1 Å². The van der Waals surface area contributed by atoms with Gasteiger partial charge in [0.2, 0.25) is 0 Å². The third-order valence-corrected chi connectivity index (χ3v) is 12.6. The molecule has 0 atom stereocenters. The van der Waals surface area contributed by atoms with Gasteiger partial charge in [0.25, 0.3) is 0 Å². The molecular formula is C24H33F2IO3S. The van der Waals surface area contributed by atoms with Crippen LogP contribution in [0.15, 0.2) is 48.5 Å². The molecule has 7 heteroatoms. The van der Waals surface area contributed by atoms with Crippen LogP contribution in [0.4, 0.5) is 8.78 Å². The van der Waals surface area contributed by atoms with Crippen molar-refractivity contribution in [3.63, 3.8) is 0 Å². The molecule has 2 rings (SSSR count). The van der Waals surface area contributed by atoms with Gasteiger partial charge in [0.15, 0.2) is 0 Å². The van der Waals surface area contributed by atoms with Gasteiger partial charge in [-0.3, -0.25) is 0 Å². The van der Waals surface area contributed by atoms with E-state index in [0.717, 1.165) is 19.3 Å². The van der Waals surface area contributed by atoms with Gasteiger partial charge in [0.1, 0.15) is 0 Å². The van der Waals surface area contributed by atoms with Gasteiger partial charge in [-0.25, -0.2) is 0 Å². The van der Waals surface area contributed by atoms with Crippen LogP contribution in [-0.2, 0) is 12.6 Å². The fourth-order valence-electron chi connectivity index (χ4n) is 3.23. The molecule has 0 N–H and O–H groups in total. The fourth-order valence-corrected chi connectivity index (χ4v) is 10.5. The maximum atomic E-state index is 14.4. The van der Waals surface area contributed by atoms with Gasteiger partial charge in [0, 0.05) is 0 Å². The van der Waals surface area contributed by atoms with E-state index in [2.05, 4.69) is 6.92 Å². The molecule has 174 valence electrons. The molecule has 0 fully saturated rings. The van der Waals surface area contributed by atoms with Gasteiger partial charge in [0.05, 0.1) is 0 Å². The maximum absolute atomic E-state index is 14.4. The van der Waals surface area contributed by atoms with Crippen molar-refractivity contribution in [1.82, 2.24) is 0 Å². The minimum absolute atomic E-state index is 0.125. The SMILES string of the molecule is CCCCCCCCCCCCS(=O)(=O)OI(c1ccccc1F)c1ccccc1F. The Balaban J connectivity index is 1.89. The molecule has 0 spiro atoms. The zero-order valence-electron chi connectivity index (χ0n) is 18.2. The molecular weight excluding hydrogens is 533 g/mol. The summed E-state index contributed by atoms with van der Waals surface area (Å²) >= 11 is -3.30. The van der Waals surface area contributed by atoms with Crippen molar-refractivity contribution < 1.29 is 19.7 Å². The predicted octanol–water partition coefficient (Wildman–Crippen LogP) is 7.69. The minimum atomic E-state index is -3.88. The molecule has 2 aromatic rings. The first-order valence-corrected chi connectivity index (χ1v) is 15.7. The number of halogens is 3. The molecule has 0 aliphatic rings. The second kappa shape index (κ2) is 14.2. The van der Waals surface area contributed by atoms with Gasteiger partial charge < -0.3 is 0 Å². The number of benzene rings is 2. The Labute approximate surface area is 193 Å². The third kappa shape index (κ3) is 9.53. The second-order valence-corrected chi connectivity index (χ2v) is 14.1. The summed E-state index contributed by atoms with van der Waals surface area (Å²) in [6.07, 6.45) is 10.9. The summed E-state index contributed by atoms with van der Waals surface area (Å²) < 4.78 is 59.8. The van der Waals surface area contributed by atoms with Crippen LogP contribution in [0.3, 0.4) is 0 Å². The first kappa shape index (κ1) is 26.2. The van der Waals surface area contributed by atoms with E-state index in [-0.39, 0.29) is 12.9 Å². The molecule has 0 aliphatic carbocycles. The van der Waals surface area contributed by atoms with E-state index in [4.69, 9.17) is 2.51 Å². The molecule has 0 saturated carbocycles. The predicted molar refractivity (Wildman–Crippen MR) is 131 cm³/mol. The molecule has 0 aliphatic heterocycles. The van der Waals surface area contributed by atoms with E-state index in [9.17, 15) is 17.2 Å². The van der Waals surface area contributed by atoms with E-state index in [1.54, 1.807) is 12.1 Å². The Hall–Kier alpha value is -1.06. The summed E-state index contributed by atoms with van der Waals surface area (Å²) in [6.45, 7) is 2.20. The summed E-state index contributed by atoms with van der Waals surface area (Å²) in [4.78, 5) is 0. The molecule has 0 aromatic heterocycles. The summed E-state index contributed by atoms with van der Waals surface area (Å²) in [7, 11) is -3.88. The number of hydrogen-bond donors (Lipinski definition) is 0. The topological polar surface area (TPSA) is 43.4 Å². The average molecular weight is 566 g/mol. The zero-order valence-corrected chi connectivity index (χ0v) is 21.1. The van der Waals surface area contributed by atoms with Crippen LogP contribution in [0.5, 0.6) is 0 Å². The van der Waals surface area contributed by atoms with E-state index >= 15 is 0 Å². The molecule has 0 amide bonds. The van der Waals surface area contributed by atoms with Crippen LogP contribution in [-0.4, -0.2) is 14.2 Å². The monoisotopic (exact) mass is 566 g/mol. The van der Waals surface area contributed by atoms with Crippen molar-refractivity contribution in [3.05, 3.63) is 67.3 Å². The summed E-state index contributed by atoms with van der Waals surface area (Å²) in [6, 6.07) is 11.7. The normalized spacial score (nSPS) is 12.2. The van der Waals surface area contributed by atoms with Gasteiger partial charge in [-0.05, 0) is 0 Å². The Bertz CT molecular complexity index is 844. The van der Waals surface area contributed by atoms with Crippen molar-refractivity contribution in [1.29, 1.82) is 0 Å². The van der Waals surface area contributed by atoms with E-state index in [1.807, 2.05) is 0 Å². The number of rotatable bonds is 15. The van der Waals surface area contributed by atoms with E-state index < -0.39 is 42.0 Å². The second-order valence-electron chi connectivity index (χ2n) is 7.58. The first-order chi connectivity index (χ1) is 14.9. The number of unbranched alkanes of at least 4 members (excludes halogenated alkanes) is 9. The Morgan fingerprint density at radius 1 is 0.710 bits per heavy atom. The average Bonchev–Trinajstić information content (AvgIpc) is 2.74. The van der Waals surface area contributed by atoms with Crippen molar-refractivity contribution in [2.45, 2.75) is 71.1 Å². The van der Waals surface area contributed by atoms with Crippen LogP contribution in [0, 0.1) is 18.8 Å². The number of hydrogen-bond acceptors (Lipinski definition) is 3. The van der Waals surface area contributed by atoms with Crippen LogP contribution >= 0.6 is 20.2 Å². The zero-order chi connectivity index (χ0) is 22.5. The molecule has 0 unspecified atom stereocenters. The summed E-state index contributed by atoms with van der Waals surface area (Å²) in [5.74, 6) is -1.25. The van der Waals surface area contributed by atoms with Crippen LogP contribution in [0.25, 0.3) is 0 Å². The van der Waals surface area contributed by atoms with Crippen LogP contribution < -0.4 is 0 Å². The van der Waals surface area contributed by atoms with Crippen molar-refractivity contribution in [2.24, 2.45) is 0 Å². The first-order valence-electron chi connectivity index (χ1n) is 11.1. The van der Waals surface area contributed by atoms with E-state index in [0.29, 0.717) is 6.42 Å². The van der Waals surface area contributed by atoms with Gasteiger partial charge >= 0.3 is 181 Å². The quantitative estimate of drug-likeness (QED) is 0.164. The molecule has 31 heavy (non-hydrogen) atoms. The van der Waals surface area contributed by atoms with Crippen molar-refractivity contribution in [2.75, 3.05) is 5.75 Å². The fraction of sp³-hybridized carbons (Fsp3) is 0.500. The molecule has 0 radical (unpaired) electrons. The van der Waals surface area contributed by atoms with Gasteiger partial charge in [-0.1, -0.05) is 13.3 Å². The Morgan fingerprint density at radius 2 is 1.13 bits per heavy atom. The van der Waals surface area contributed by atoms with E-state index in [1.165, 1.54) is 74.9 Å². The molecule has 2 aromatic carbocycles. The molecule has 0 saturated heterocycles. The Morgan fingerprint density at radius 3 is 1.58 bits per heavy atom. The summed E-state index contributed by atoms with van der Waals surface area (Å²) in [5.41, 5.74) is 0. The van der Waals surface area contributed by atoms with Crippen LogP contribution in [0.2, 0.25) is 0 Å².